The molecule has 0 aliphatic heterocycles. The zero-order valence-electron chi connectivity index (χ0n) is 9.31. The van der Waals surface area contributed by atoms with Gasteiger partial charge < -0.3 is 15.2 Å². The molecular weight excluding hydrogens is 190 g/mol. The Kier molecular flexibility index (Phi) is 5.32. The molecule has 1 rings (SSSR count). The fourth-order valence-corrected chi connectivity index (χ4v) is 1.41. The molecule has 0 aromatic heterocycles. The Morgan fingerprint density at radius 1 is 1.33 bits per heavy atom. The third-order valence-electron chi connectivity index (χ3n) is 2.26. The van der Waals surface area contributed by atoms with Crippen molar-refractivity contribution in [3.8, 4) is 0 Å². The fourth-order valence-electron chi connectivity index (χ4n) is 1.41. The molecule has 0 bridgehead atoms. The van der Waals surface area contributed by atoms with E-state index < -0.39 is 6.10 Å². The van der Waals surface area contributed by atoms with Gasteiger partial charge in [0.1, 0.15) is 0 Å². The summed E-state index contributed by atoms with van der Waals surface area (Å²) < 4.78 is 5.00. The summed E-state index contributed by atoms with van der Waals surface area (Å²) in [5.74, 6) is 0. The summed E-state index contributed by atoms with van der Waals surface area (Å²) >= 11 is 0. The normalized spacial score (nSPS) is 14.9. The lowest BCUT2D eigenvalue weighted by Crippen LogP contribution is -2.33. The SMILES string of the molecule is COC[C@@H](C)NC[C@H](O)c1ccccc1. The maximum Gasteiger partial charge on any atom is 0.0914 e. The summed E-state index contributed by atoms with van der Waals surface area (Å²) in [5, 5.41) is 13.0. The standard InChI is InChI=1S/C12H19NO2/c1-10(9-15-2)13-8-12(14)11-6-4-3-5-7-11/h3-7,10,12-14H,8-9H2,1-2H3/t10-,12+/m1/s1. The topological polar surface area (TPSA) is 41.5 Å². The zero-order valence-corrected chi connectivity index (χ0v) is 9.31. The Morgan fingerprint density at radius 2 is 2.00 bits per heavy atom. The molecule has 1 aromatic rings. The number of nitrogens with one attached hydrogen (secondary N) is 1. The van der Waals surface area contributed by atoms with Crippen molar-refractivity contribution in [2.45, 2.75) is 19.1 Å². The van der Waals surface area contributed by atoms with E-state index in [-0.39, 0.29) is 6.04 Å². The smallest absolute Gasteiger partial charge is 0.0914 e. The Hall–Kier alpha value is -0.900. The average Bonchev–Trinajstić information content (AvgIpc) is 2.27. The number of hydrogen-bond donors (Lipinski definition) is 2. The van der Waals surface area contributed by atoms with E-state index in [0.717, 1.165) is 5.56 Å². The highest BCUT2D eigenvalue weighted by Crippen LogP contribution is 2.10. The third kappa shape index (κ3) is 4.42. The van der Waals surface area contributed by atoms with Crippen molar-refractivity contribution in [2.24, 2.45) is 0 Å². The highest BCUT2D eigenvalue weighted by atomic mass is 16.5. The van der Waals surface area contributed by atoms with Gasteiger partial charge in [0.15, 0.2) is 0 Å². The molecular formula is C12H19NO2. The number of aliphatic hydroxyl groups is 1. The minimum absolute atomic E-state index is 0.258. The molecule has 0 saturated heterocycles. The van der Waals surface area contributed by atoms with Crippen molar-refractivity contribution in [2.75, 3.05) is 20.3 Å². The van der Waals surface area contributed by atoms with E-state index in [1.165, 1.54) is 0 Å². The molecule has 84 valence electrons. The van der Waals surface area contributed by atoms with Gasteiger partial charge in [0.2, 0.25) is 0 Å². The van der Waals surface area contributed by atoms with Crippen LogP contribution in [0.25, 0.3) is 0 Å². The zero-order chi connectivity index (χ0) is 11.1. The van der Waals surface area contributed by atoms with Crippen molar-refractivity contribution < 1.29 is 9.84 Å². The van der Waals surface area contributed by atoms with Crippen LogP contribution >= 0.6 is 0 Å². The van der Waals surface area contributed by atoms with Crippen LogP contribution < -0.4 is 5.32 Å². The highest BCUT2D eigenvalue weighted by molar-refractivity contribution is 5.17. The van der Waals surface area contributed by atoms with Crippen LogP contribution in [0.3, 0.4) is 0 Å². The number of rotatable bonds is 6. The lowest BCUT2D eigenvalue weighted by molar-refractivity contribution is 0.143. The Balaban J connectivity index is 2.33. The molecule has 0 aliphatic carbocycles. The monoisotopic (exact) mass is 209 g/mol. The number of ether oxygens (including phenoxy) is 1. The second-order valence-corrected chi connectivity index (χ2v) is 3.69. The van der Waals surface area contributed by atoms with E-state index in [2.05, 4.69) is 5.32 Å². The number of hydrogen-bond acceptors (Lipinski definition) is 3. The molecule has 3 nitrogen and oxygen atoms in total. The minimum atomic E-state index is -0.453. The lowest BCUT2D eigenvalue weighted by atomic mass is 10.1. The van der Waals surface area contributed by atoms with Crippen LogP contribution in [0.1, 0.15) is 18.6 Å². The van der Waals surface area contributed by atoms with E-state index in [1.807, 2.05) is 37.3 Å². The largest absolute Gasteiger partial charge is 0.387 e. The minimum Gasteiger partial charge on any atom is -0.387 e. The molecule has 0 saturated carbocycles. The lowest BCUT2D eigenvalue weighted by Gasteiger charge is -2.16. The van der Waals surface area contributed by atoms with Gasteiger partial charge in [0, 0.05) is 19.7 Å². The van der Waals surface area contributed by atoms with Crippen LogP contribution in [0.15, 0.2) is 30.3 Å². The van der Waals surface area contributed by atoms with Crippen LogP contribution in [0.2, 0.25) is 0 Å². The summed E-state index contributed by atoms with van der Waals surface area (Å²) in [6, 6.07) is 9.90. The Bertz CT molecular complexity index is 264. The van der Waals surface area contributed by atoms with Crippen LogP contribution in [0.4, 0.5) is 0 Å². The van der Waals surface area contributed by atoms with Crippen molar-refractivity contribution in [1.29, 1.82) is 0 Å². The molecule has 0 amide bonds. The number of benzene rings is 1. The van der Waals surface area contributed by atoms with Crippen LogP contribution in [0, 0.1) is 0 Å². The molecule has 0 fully saturated rings. The maximum atomic E-state index is 9.83. The second-order valence-electron chi connectivity index (χ2n) is 3.69. The molecule has 0 aliphatic rings. The molecule has 0 heterocycles. The van der Waals surface area contributed by atoms with Gasteiger partial charge in [-0.25, -0.2) is 0 Å². The molecule has 1 aromatic carbocycles. The molecule has 15 heavy (non-hydrogen) atoms. The van der Waals surface area contributed by atoms with Crippen LogP contribution in [-0.2, 0) is 4.74 Å². The van der Waals surface area contributed by atoms with Crippen molar-refractivity contribution in [1.82, 2.24) is 5.32 Å². The Morgan fingerprint density at radius 3 is 2.60 bits per heavy atom. The first-order valence-electron chi connectivity index (χ1n) is 5.19. The van der Waals surface area contributed by atoms with Gasteiger partial charge in [-0.2, -0.15) is 0 Å². The average molecular weight is 209 g/mol. The van der Waals surface area contributed by atoms with Gasteiger partial charge in [0.25, 0.3) is 0 Å². The van der Waals surface area contributed by atoms with Gasteiger partial charge in [-0.1, -0.05) is 30.3 Å². The maximum absolute atomic E-state index is 9.83. The van der Waals surface area contributed by atoms with Gasteiger partial charge >= 0.3 is 0 Å². The summed E-state index contributed by atoms with van der Waals surface area (Å²) in [5.41, 5.74) is 0.939. The molecule has 3 heteroatoms. The quantitative estimate of drug-likeness (QED) is 0.743. The van der Waals surface area contributed by atoms with Gasteiger partial charge in [-0.15, -0.1) is 0 Å². The molecule has 2 N–H and O–H groups in total. The predicted molar refractivity (Wildman–Crippen MR) is 60.7 cm³/mol. The first kappa shape index (κ1) is 12.2. The molecule has 2 atom stereocenters. The second kappa shape index (κ2) is 6.56. The highest BCUT2D eigenvalue weighted by Gasteiger charge is 2.08. The summed E-state index contributed by atoms with van der Waals surface area (Å²) in [4.78, 5) is 0. The third-order valence-corrected chi connectivity index (χ3v) is 2.26. The molecule has 0 spiro atoms. The summed E-state index contributed by atoms with van der Waals surface area (Å²) in [6.07, 6.45) is -0.453. The van der Waals surface area contributed by atoms with Gasteiger partial charge in [-0.05, 0) is 12.5 Å². The Labute approximate surface area is 91.1 Å². The van der Waals surface area contributed by atoms with E-state index >= 15 is 0 Å². The van der Waals surface area contributed by atoms with E-state index in [4.69, 9.17) is 4.74 Å². The van der Waals surface area contributed by atoms with Crippen molar-refractivity contribution in [3.63, 3.8) is 0 Å². The summed E-state index contributed by atoms with van der Waals surface area (Å²) in [6.45, 7) is 3.23. The molecule has 0 unspecified atom stereocenters. The fraction of sp³-hybridized carbons (Fsp3) is 0.500. The molecule has 0 radical (unpaired) electrons. The number of methoxy groups -OCH3 is 1. The summed E-state index contributed by atoms with van der Waals surface area (Å²) in [7, 11) is 1.67. The van der Waals surface area contributed by atoms with E-state index in [0.29, 0.717) is 13.2 Å². The first-order chi connectivity index (χ1) is 7.24. The van der Waals surface area contributed by atoms with Gasteiger partial charge in [0.05, 0.1) is 12.7 Å². The van der Waals surface area contributed by atoms with E-state index in [9.17, 15) is 5.11 Å². The first-order valence-corrected chi connectivity index (χ1v) is 5.19. The number of aliphatic hydroxyl groups excluding tert-OH is 1. The van der Waals surface area contributed by atoms with Crippen molar-refractivity contribution in [3.05, 3.63) is 35.9 Å². The van der Waals surface area contributed by atoms with Gasteiger partial charge in [-0.3, -0.25) is 0 Å². The van der Waals surface area contributed by atoms with E-state index in [1.54, 1.807) is 7.11 Å². The van der Waals surface area contributed by atoms with Crippen LogP contribution in [0.5, 0.6) is 0 Å². The predicted octanol–water partition coefficient (Wildman–Crippen LogP) is 1.34. The van der Waals surface area contributed by atoms with Crippen molar-refractivity contribution >= 4 is 0 Å². The van der Waals surface area contributed by atoms with Crippen LogP contribution in [-0.4, -0.2) is 31.4 Å².